The van der Waals surface area contributed by atoms with Crippen molar-refractivity contribution in [2.45, 2.75) is 249 Å². The Morgan fingerprint density at radius 2 is 0.833 bits per heavy atom. The van der Waals surface area contributed by atoms with Crippen LogP contribution in [-0.4, -0.2) is 105 Å². The summed E-state index contributed by atoms with van der Waals surface area (Å²) in [5.41, 5.74) is 14.2. The molecule has 8 unspecified atom stereocenters. The number of hydrogen-bond donors (Lipinski definition) is 4. The van der Waals surface area contributed by atoms with Crippen LogP contribution in [0.1, 0.15) is 248 Å². The Balaban J connectivity index is 0.000000168. The molecule has 5 N–H and O–H groups in total. The number of carbonyl (C=O) groups is 4. The zero-order valence-electron chi connectivity index (χ0n) is 83.3. The maximum Gasteiger partial charge on any atom is 0.298 e. The van der Waals surface area contributed by atoms with Crippen LogP contribution in [0.15, 0.2) is 202 Å². The van der Waals surface area contributed by atoms with E-state index in [1.165, 1.54) is 44.9 Å². The van der Waals surface area contributed by atoms with Crippen molar-refractivity contribution in [3.63, 3.8) is 0 Å². The lowest BCUT2D eigenvalue weighted by molar-refractivity contribution is -0.122. The van der Waals surface area contributed by atoms with Crippen LogP contribution in [0.4, 0.5) is 5.69 Å². The smallest absolute Gasteiger partial charge is 0.298 e. The standard InChI is InChI=1S/2C21H19N3O.2C14H15BrN2O.C7H6BrNO2.3C7H13NO.C7H5N.C7H12O.Cl2OS/c1-15-5-4-12-24-20(13-15)23-19-14-16(8-10-18(19)21(24)25)7-9-17-6-2-3-11-22-17;1-15-5-4-7-20-23-19-13-16(8-10-17-6-2-3-12-22-17)9-11-18(19)21(25)24(20)14-15;1-9-3-2-6-17-13(7-9)16-12-8-10(15)4-5-11(12)14(17)18;1-9-3-2-4-13-16-12-7-10(15)5-6-11(12)14(18)17(13)8-9;8-5-1-2-7(11-4-10)6(9)3-5;1-6-3-2-4-8-7(9)5-6;1-6-3-2-4-7(9)8-5-6;1-6-3-2-4-7(5-6)8-9;1-2-7-5-3-4-6-8-7;1-6-3-2-4-7(8)5-6;1-4(2)3/h2-3,6,8,10-11,14-15H,4-5,12-13H2,1H3;2-3,6,9,11-13,15H,4-5,7,14H2,1H3;4-5,8-9H,2-3,6-7H2,1H3;5-7,9H,2-4,8H2,1H3;1-4H,9H2;2*6H,2-5H2,1H3,(H,8,9);6,9H,2-5H2,1H3;1,3-6H;6H,2-5H2,1H3;/b;;;;;;;8-7-;;;. The molecule has 32 heteroatoms. The van der Waals surface area contributed by atoms with Crippen LogP contribution in [0.5, 0.6) is 5.75 Å². The Hall–Kier alpha value is -11.7. The number of anilines is 1. The van der Waals surface area contributed by atoms with E-state index >= 15 is 0 Å². The number of benzene rings is 5. The van der Waals surface area contributed by atoms with Crippen LogP contribution < -0.4 is 43.3 Å². The number of carbonyl (C=O) groups excluding carboxylic acids is 4. The van der Waals surface area contributed by atoms with E-state index in [0.717, 1.165) is 265 Å². The molecule has 0 spiro atoms. The van der Waals surface area contributed by atoms with Crippen molar-refractivity contribution in [2.24, 2.45) is 52.5 Å². The molecule has 760 valence electrons. The number of halogens is 5. The number of rotatable bonds is 2. The minimum absolute atomic E-state index is 0.0676. The van der Waals surface area contributed by atoms with E-state index in [-0.39, 0.29) is 34.1 Å². The van der Waals surface area contributed by atoms with Crippen molar-refractivity contribution in [1.29, 1.82) is 0 Å². The lowest BCUT2D eigenvalue weighted by atomic mass is 9.89. The second kappa shape index (κ2) is 59.7. The van der Waals surface area contributed by atoms with Crippen molar-refractivity contribution in [2.75, 3.05) is 18.8 Å². The normalized spacial score (nSPS) is 19.4. The largest absolute Gasteiger partial charge is 0.427 e. The van der Waals surface area contributed by atoms with Crippen LogP contribution in [0.2, 0.25) is 0 Å². The van der Waals surface area contributed by atoms with Gasteiger partial charge in [-0.05, 0) is 302 Å². The number of nitrogens with one attached hydrogen (secondary N) is 2. The molecule has 0 bridgehead atoms. The number of terminal acetylenes is 1. The molecule has 6 aliphatic heterocycles. The zero-order chi connectivity index (χ0) is 104. The van der Waals surface area contributed by atoms with E-state index in [4.69, 9.17) is 31.5 Å². The van der Waals surface area contributed by atoms with Gasteiger partial charge in [0.1, 0.15) is 46.2 Å². The fourth-order valence-electron chi connectivity index (χ4n) is 17.9. The Morgan fingerprint density at radius 3 is 1.26 bits per heavy atom. The molecule has 0 radical (unpaired) electrons. The number of fused-ring (bicyclic) bond motifs is 8. The van der Waals surface area contributed by atoms with Gasteiger partial charge in [0, 0.05) is 155 Å². The first-order valence-electron chi connectivity index (χ1n) is 49.6. The number of nitrogen functional groups attached to an aromatic ring is 1. The van der Waals surface area contributed by atoms with Crippen molar-refractivity contribution < 1.29 is 33.3 Å². The number of nitrogens with two attached hydrogens (primary N) is 1. The van der Waals surface area contributed by atoms with Crippen LogP contribution in [0.25, 0.3) is 43.6 Å². The molecule has 5 aromatic carbocycles. The molecule has 12 aromatic rings. The number of ketones is 1. The molecule has 8 aliphatic rings. The average molecular weight is 2210 g/mol. The fraction of sp³-hybridized carbons (Fsp3) is 0.429. The number of oxime groups is 1. The summed E-state index contributed by atoms with van der Waals surface area (Å²) in [5, 5.41) is 20.1. The number of Topliss-reactive ketones (excluding diaryl/α,β-unsaturated/α-hetero) is 1. The first-order valence-corrected chi connectivity index (χ1v) is 54.8. The Labute approximate surface area is 879 Å². The molecule has 20 rings (SSSR count). The highest BCUT2D eigenvalue weighted by molar-refractivity contribution is 9.11. The highest BCUT2D eigenvalue weighted by atomic mass is 79.9. The number of nitrogens with zero attached hydrogens (tertiary/aromatic N) is 12. The summed E-state index contributed by atoms with van der Waals surface area (Å²) < 4.78 is 23.9. The number of aryl methyl sites for hydroxylation is 2. The Morgan fingerprint density at radius 1 is 0.438 bits per heavy atom. The van der Waals surface area contributed by atoms with Gasteiger partial charge in [0.05, 0.1) is 55.0 Å². The van der Waals surface area contributed by atoms with E-state index in [1.54, 1.807) is 42.9 Å². The SMILES string of the molecule is C#Cc1ccccn1.CC1CCC/C(=N/O)C1.CC1CCCC(=O)C1.CC1CCCC(=O)NC1.CC1CCCNC(=O)C1.CC1CCCc2nc3cc(Br)ccc3c(=O)n2C1.CC1CCCc2nc3cc(C#Cc4ccccn4)ccc3c(=O)n2C1.CC1CCCn2c(nc3cc(Br)ccc3c2=O)C1.CC1CCCn2c(nc3cc(C#Cc4ccccn4)ccc3c2=O)C1.Nc1cc(Br)ccc1OC=O.O=S(Cl)Cl. The summed E-state index contributed by atoms with van der Waals surface area (Å²) in [6.07, 6.45) is 37.2. The van der Waals surface area contributed by atoms with E-state index < -0.39 is 9.23 Å². The van der Waals surface area contributed by atoms with Crippen LogP contribution in [0.3, 0.4) is 0 Å². The van der Waals surface area contributed by atoms with Gasteiger partial charge < -0.3 is 26.3 Å². The predicted octanol–water partition coefficient (Wildman–Crippen LogP) is 21.9. The van der Waals surface area contributed by atoms with E-state index in [2.05, 4.69) is 200 Å². The summed E-state index contributed by atoms with van der Waals surface area (Å²) in [5.74, 6) is 24.6. The first-order chi connectivity index (χ1) is 69.3. The second-order valence-corrected chi connectivity index (χ2v) is 43.4. The van der Waals surface area contributed by atoms with Gasteiger partial charge in [0.2, 0.25) is 21.0 Å². The first kappa shape index (κ1) is 114. The number of amides is 2. The molecule has 13 heterocycles. The van der Waals surface area contributed by atoms with E-state index in [0.29, 0.717) is 81.6 Å². The van der Waals surface area contributed by atoms with Gasteiger partial charge in [-0.3, -0.25) is 56.6 Å². The second-order valence-electron chi connectivity index (χ2n) is 38.1. The third-order valence-corrected chi connectivity index (χ3v) is 27.0. The molecule has 7 aromatic heterocycles. The van der Waals surface area contributed by atoms with E-state index in [9.17, 15) is 38.4 Å². The van der Waals surface area contributed by atoms with Gasteiger partial charge in [0.15, 0.2) is 5.75 Å². The number of aromatic nitrogens is 11. The van der Waals surface area contributed by atoms with Crippen molar-refractivity contribution in [1.82, 2.24) is 63.8 Å². The van der Waals surface area contributed by atoms with Crippen molar-refractivity contribution in [3.05, 3.63) is 271 Å². The topological polar surface area (TPSA) is 355 Å². The van der Waals surface area contributed by atoms with Gasteiger partial charge in [0.25, 0.3) is 28.7 Å². The van der Waals surface area contributed by atoms with Gasteiger partial charge in [-0.2, -0.15) is 0 Å². The quantitative estimate of drug-likeness (QED) is 0.0312. The number of ether oxygens (including phenoxy) is 1. The average Bonchev–Trinajstić information content (AvgIpc) is 1.09. The summed E-state index contributed by atoms with van der Waals surface area (Å²) in [7, 11) is 7.36. The lowest BCUT2D eigenvalue weighted by Gasteiger charge is -2.17. The molecule has 8 atom stereocenters. The Bertz CT molecular complexity index is 6840. The molecule has 2 amide bonds. The van der Waals surface area contributed by atoms with Crippen molar-refractivity contribution >= 4 is 157 Å². The molecule has 2 aliphatic carbocycles. The molecule has 4 fully saturated rings. The highest BCUT2D eigenvalue weighted by Gasteiger charge is 2.24. The molecule has 144 heavy (non-hydrogen) atoms. The van der Waals surface area contributed by atoms with Crippen molar-refractivity contribution in [3.8, 4) is 41.8 Å². The fourth-order valence-corrected chi connectivity index (χ4v) is 18.9. The summed E-state index contributed by atoms with van der Waals surface area (Å²) >= 11 is 10.1. The maximum absolute atomic E-state index is 12.8. The van der Waals surface area contributed by atoms with Gasteiger partial charge in [-0.1, -0.05) is 144 Å². The van der Waals surface area contributed by atoms with Gasteiger partial charge >= 0.3 is 0 Å². The third-order valence-electron chi connectivity index (χ3n) is 25.5. The third kappa shape index (κ3) is 37.7. The zero-order valence-corrected chi connectivity index (χ0v) is 90.3. The summed E-state index contributed by atoms with van der Waals surface area (Å²) in [6.45, 7) is 22.7. The lowest BCUT2D eigenvalue weighted by Crippen LogP contribution is -2.26. The van der Waals surface area contributed by atoms with E-state index in [1.807, 2.05) is 140 Å². The Kier molecular flexibility index (Phi) is 47.3. The predicted molar refractivity (Wildman–Crippen MR) is 587 cm³/mol. The minimum atomic E-state index is -1.67. The number of pyridine rings is 3. The maximum atomic E-state index is 12.8. The van der Waals surface area contributed by atoms with Gasteiger partial charge in [-0.25, -0.2) is 39.1 Å². The molecular formula is C112H130Br3Cl2N15O11S. The minimum Gasteiger partial charge on any atom is -0.427 e. The molecule has 26 nitrogen and oxygen atoms in total. The molecule has 2 saturated carbocycles. The molecular weight excluding hydrogens is 2070 g/mol. The van der Waals surface area contributed by atoms with Crippen LogP contribution >= 0.6 is 69.2 Å². The summed E-state index contributed by atoms with van der Waals surface area (Å²) in [6, 6.07) is 44.5. The molecule has 2 saturated heterocycles. The van der Waals surface area contributed by atoms with Crippen LogP contribution in [0, 0.1) is 83.4 Å². The highest BCUT2D eigenvalue weighted by Crippen LogP contribution is 2.29. The van der Waals surface area contributed by atoms with Crippen LogP contribution in [-0.2, 0) is 80.3 Å². The van der Waals surface area contributed by atoms with Gasteiger partial charge in [-0.15, -0.1) is 6.42 Å². The number of hydrogen-bond acceptors (Lipinski definition) is 20. The summed E-state index contributed by atoms with van der Waals surface area (Å²) in [4.78, 5) is 124. The monoisotopic (exact) mass is 2200 g/mol.